The molecule has 1 aliphatic rings. The number of amides is 1. The van der Waals surface area contributed by atoms with Gasteiger partial charge in [-0.3, -0.25) is 4.79 Å². The third kappa shape index (κ3) is 3.37. The van der Waals surface area contributed by atoms with Gasteiger partial charge < -0.3 is 19.9 Å². The molecule has 6 heteroatoms. The van der Waals surface area contributed by atoms with E-state index in [2.05, 4.69) is 15.6 Å². The standard InChI is InChI=1S/C17H22N4O2/c1-21-10-9-19-16(21)15(12-3-5-14(23-2)6-4-12)20-17(22)13-7-8-18-11-13/h3-6,9-10,13,15,18H,7-8,11H2,1-2H3,(H,20,22). The number of ether oxygens (including phenoxy) is 1. The molecule has 0 aliphatic carbocycles. The molecule has 6 nitrogen and oxygen atoms in total. The number of benzene rings is 1. The number of aromatic nitrogens is 2. The molecule has 2 atom stereocenters. The Morgan fingerprint density at radius 2 is 2.22 bits per heavy atom. The van der Waals surface area contributed by atoms with E-state index >= 15 is 0 Å². The Labute approximate surface area is 135 Å². The van der Waals surface area contributed by atoms with Crippen LogP contribution in [0.2, 0.25) is 0 Å². The van der Waals surface area contributed by atoms with Gasteiger partial charge in [0.15, 0.2) is 0 Å². The Morgan fingerprint density at radius 3 is 2.78 bits per heavy atom. The van der Waals surface area contributed by atoms with Crippen molar-refractivity contribution in [2.24, 2.45) is 13.0 Å². The Bertz CT molecular complexity index is 659. The first-order valence-corrected chi connectivity index (χ1v) is 7.81. The summed E-state index contributed by atoms with van der Waals surface area (Å²) in [7, 11) is 3.57. The summed E-state index contributed by atoms with van der Waals surface area (Å²) in [5.41, 5.74) is 0.986. The minimum atomic E-state index is -0.269. The van der Waals surface area contributed by atoms with Crippen LogP contribution in [0.15, 0.2) is 36.7 Å². The lowest BCUT2D eigenvalue weighted by molar-refractivity contribution is -0.125. The van der Waals surface area contributed by atoms with E-state index in [-0.39, 0.29) is 17.9 Å². The average molecular weight is 314 g/mol. The smallest absolute Gasteiger partial charge is 0.225 e. The highest BCUT2D eigenvalue weighted by atomic mass is 16.5. The molecule has 0 bridgehead atoms. The molecule has 122 valence electrons. The Hall–Kier alpha value is -2.34. The van der Waals surface area contributed by atoms with E-state index in [1.165, 1.54) is 0 Å². The van der Waals surface area contributed by atoms with Gasteiger partial charge in [-0.05, 0) is 30.7 Å². The van der Waals surface area contributed by atoms with Crippen LogP contribution in [0.5, 0.6) is 5.75 Å². The number of hydrogen-bond donors (Lipinski definition) is 2. The van der Waals surface area contributed by atoms with E-state index in [0.717, 1.165) is 36.6 Å². The Kier molecular flexibility index (Phi) is 4.62. The molecule has 1 saturated heterocycles. The molecular formula is C17H22N4O2. The van der Waals surface area contributed by atoms with Crippen molar-refractivity contribution in [3.8, 4) is 5.75 Å². The molecular weight excluding hydrogens is 292 g/mol. The van der Waals surface area contributed by atoms with Gasteiger partial charge >= 0.3 is 0 Å². The quantitative estimate of drug-likeness (QED) is 0.871. The summed E-state index contributed by atoms with van der Waals surface area (Å²) in [4.78, 5) is 17.0. The molecule has 0 radical (unpaired) electrons. The fourth-order valence-corrected chi connectivity index (χ4v) is 2.89. The van der Waals surface area contributed by atoms with Gasteiger partial charge in [0.1, 0.15) is 17.6 Å². The number of imidazole rings is 1. The third-order valence-electron chi connectivity index (χ3n) is 4.28. The van der Waals surface area contributed by atoms with Gasteiger partial charge in [0.2, 0.25) is 5.91 Å². The van der Waals surface area contributed by atoms with Crippen LogP contribution in [0.3, 0.4) is 0 Å². The fourth-order valence-electron chi connectivity index (χ4n) is 2.89. The normalized spacial score (nSPS) is 18.6. The summed E-state index contributed by atoms with van der Waals surface area (Å²) in [6.07, 6.45) is 4.51. The highest BCUT2D eigenvalue weighted by Gasteiger charge is 2.27. The van der Waals surface area contributed by atoms with Gasteiger partial charge in [-0.2, -0.15) is 0 Å². The molecule has 2 aromatic rings. The SMILES string of the molecule is COc1ccc(C(NC(=O)C2CCNC2)c2nccn2C)cc1. The van der Waals surface area contributed by atoms with E-state index in [4.69, 9.17) is 4.74 Å². The molecule has 2 heterocycles. The van der Waals surface area contributed by atoms with Crippen LogP contribution >= 0.6 is 0 Å². The van der Waals surface area contributed by atoms with Crippen molar-refractivity contribution in [1.82, 2.24) is 20.2 Å². The number of nitrogens with one attached hydrogen (secondary N) is 2. The topological polar surface area (TPSA) is 68.2 Å². The summed E-state index contributed by atoms with van der Waals surface area (Å²) < 4.78 is 7.14. The summed E-state index contributed by atoms with van der Waals surface area (Å²) in [6.45, 7) is 1.63. The first kappa shape index (κ1) is 15.6. The second-order valence-electron chi connectivity index (χ2n) is 5.80. The van der Waals surface area contributed by atoms with Crippen LogP contribution in [0, 0.1) is 5.92 Å². The molecule has 1 fully saturated rings. The molecule has 1 aromatic carbocycles. The van der Waals surface area contributed by atoms with Crippen LogP contribution in [-0.4, -0.2) is 35.7 Å². The zero-order valence-corrected chi connectivity index (χ0v) is 13.5. The molecule has 1 aliphatic heterocycles. The van der Waals surface area contributed by atoms with Crippen molar-refractivity contribution in [3.05, 3.63) is 48.0 Å². The van der Waals surface area contributed by atoms with Crippen molar-refractivity contribution in [1.29, 1.82) is 0 Å². The van der Waals surface area contributed by atoms with Gasteiger partial charge in [0, 0.05) is 26.0 Å². The number of hydrogen-bond acceptors (Lipinski definition) is 4. The molecule has 1 aromatic heterocycles. The number of methoxy groups -OCH3 is 1. The van der Waals surface area contributed by atoms with Crippen molar-refractivity contribution in [2.75, 3.05) is 20.2 Å². The molecule has 0 spiro atoms. The van der Waals surface area contributed by atoms with Crippen LogP contribution in [0.1, 0.15) is 23.9 Å². The average Bonchev–Trinajstić information content (AvgIpc) is 3.24. The highest BCUT2D eigenvalue weighted by Crippen LogP contribution is 2.24. The zero-order valence-electron chi connectivity index (χ0n) is 13.5. The Morgan fingerprint density at radius 1 is 1.43 bits per heavy atom. The molecule has 23 heavy (non-hydrogen) atoms. The largest absolute Gasteiger partial charge is 0.497 e. The maximum absolute atomic E-state index is 12.5. The van der Waals surface area contributed by atoms with Crippen molar-refractivity contribution in [2.45, 2.75) is 12.5 Å². The molecule has 3 rings (SSSR count). The van der Waals surface area contributed by atoms with Crippen molar-refractivity contribution < 1.29 is 9.53 Å². The van der Waals surface area contributed by atoms with Crippen molar-refractivity contribution in [3.63, 3.8) is 0 Å². The molecule has 2 N–H and O–H groups in total. The molecule has 2 unspecified atom stereocenters. The van der Waals surface area contributed by atoms with E-state index in [1.54, 1.807) is 13.3 Å². The fraction of sp³-hybridized carbons (Fsp3) is 0.412. The van der Waals surface area contributed by atoms with Crippen LogP contribution < -0.4 is 15.4 Å². The lowest BCUT2D eigenvalue weighted by atomic mass is 10.0. The summed E-state index contributed by atoms with van der Waals surface area (Å²) in [5.74, 6) is 1.70. The predicted molar refractivity (Wildman–Crippen MR) is 87.2 cm³/mol. The van der Waals surface area contributed by atoms with Gasteiger partial charge in [-0.1, -0.05) is 12.1 Å². The third-order valence-corrected chi connectivity index (χ3v) is 4.28. The van der Waals surface area contributed by atoms with Crippen LogP contribution in [0.25, 0.3) is 0 Å². The van der Waals surface area contributed by atoms with Gasteiger partial charge in [0.05, 0.1) is 13.0 Å². The highest BCUT2D eigenvalue weighted by molar-refractivity contribution is 5.80. The van der Waals surface area contributed by atoms with E-state index < -0.39 is 0 Å². The second-order valence-corrected chi connectivity index (χ2v) is 5.80. The van der Waals surface area contributed by atoms with E-state index in [0.29, 0.717) is 0 Å². The first-order chi connectivity index (χ1) is 11.2. The minimum Gasteiger partial charge on any atom is -0.497 e. The maximum atomic E-state index is 12.5. The number of carbonyl (C=O) groups excluding carboxylic acids is 1. The monoisotopic (exact) mass is 314 g/mol. The van der Waals surface area contributed by atoms with Crippen molar-refractivity contribution >= 4 is 5.91 Å². The first-order valence-electron chi connectivity index (χ1n) is 7.81. The van der Waals surface area contributed by atoms with E-state index in [1.807, 2.05) is 42.1 Å². The van der Waals surface area contributed by atoms with Gasteiger partial charge in [-0.15, -0.1) is 0 Å². The summed E-state index contributed by atoms with van der Waals surface area (Å²) in [6, 6.07) is 7.45. The lowest BCUT2D eigenvalue weighted by Crippen LogP contribution is -2.36. The van der Waals surface area contributed by atoms with E-state index in [9.17, 15) is 4.79 Å². The number of aryl methyl sites for hydroxylation is 1. The Balaban J connectivity index is 1.86. The van der Waals surface area contributed by atoms with Gasteiger partial charge in [0.25, 0.3) is 0 Å². The van der Waals surface area contributed by atoms with Crippen LogP contribution in [0.4, 0.5) is 0 Å². The van der Waals surface area contributed by atoms with Crippen LogP contribution in [-0.2, 0) is 11.8 Å². The lowest BCUT2D eigenvalue weighted by Gasteiger charge is -2.21. The number of rotatable bonds is 5. The minimum absolute atomic E-state index is 0.0241. The number of carbonyl (C=O) groups is 1. The van der Waals surface area contributed by atoms with Gasteiger partial charge in [-0.25, -0.2) is 4.98 Å². The second kappa shape index (κ2) is 6.83. The number of nitrogens with zero attached hydrogens (tertiary/aromatic N) is 2. The summed E-state index contributed by atoms with van der Waals surface area (Å²) in [5, 5.41) is 6.38. The summed E-state index contributed by atoms with van der Waals surface area (Å²) >= 11 is 0. The molecule has 1 amide bonds. The molecule has 0 saturated carbocycles. The maximum Gasteiger partial charge on any atom is 0.225 e. The zero-order chi connectivity index (χ0) is 16.2. The predicted octanol–water partition coefficient (Wildman–Crippen LogP) is 1.24.